The summed E-state index contributed by atoms with van der Waals surface area (Å²) in [5, 5.41) is 0. The largest absolute Gasteiger partial charge is 0.466 e. The summed E-state index contributed by atoms with van der Waals surface area (Å²) in [4.78, 5) is 11.0. The molecule has 0 aliphatic carbocycles. The van der Waals surface area contributed by atoms with Crippen LogP contribution in [-0.2, 0) is 22.4 Å². The van der Waals surface area contributed by atoms with Gasteiger partial charge in [-0.25, -0.2) is 0 Å². The summed E-state index contributed by atoms with van der Waals surface area (Å²) in [5.41, 5.74) is 0. The molecule has 3 heteroatoms. The third kappa shape index (κ3) is 4.82. The number of carbonyl (C=O) groups excluding carboxylic acids is 1. The smallest absolute Gasteiger partial charge is 0.303 e. The van der Waals surface area contributed by atoms with Gasteiger partial charge in [0.1, 0.15) is 11.5 Å². The number of rotatable bonds is 1. The average molecular weight is 260 g/mol. The highest BCUT2D eigenvalue weighted by atomic mass is 16.5. The molecule has 0 amide bonds. The summed E-state index contributed by atoms with van der Waals surface area (Å²) in [7, 11) is 0. The lowest BCUT2D eigenvalue weighted by atomic mass is 10.1. The van der Waals surface area contributed by atoms with Gasteiger partial charge in [0, 0.05) is 26.2 Å². The van der Waals surface area contributed by atoms with E-state index in [9.17, 15) is 4.79 Å². The van der Waals surface area contributed by atoms with Crippen molar-refractivity contribution in [3.63, 3.8) is 0 Å². The maximum absolute atomic E-state index is 11.0. The molecule has 1 unspecified atom stereocenters. The van der Waals surface area contributed by atoms with E-state index in [-0.39, 0.29) is 12.1 Å². The Balaban J connectivity index is 1.99. The molecular formula is C16H20O3. The molecule has 2 bridgehead atoms. The number of carbonyl (C=O) groups is 1. The highest BCUT2D eigenvalue weighted by Gasteiger charge is 2.10. The van der Waals surface area contributed by atoms with Gasteiger partial charge in [-0.15, -0.1) is 0 Å². The van der Waals surface area contributed by atoms with E-state index in [1.54, 1.807) is 0 Å². The fourth-order valence-corrected chi connectivity index (χ4v) is 2.21. The van der Waals surface area contributed by atoms with Gasteiger partial charge in [-0.3, -0.25) is 4.79 Å². The van der Waals surface area contributed by atoms with E-state index in [4.69, 9.17) is 9.15 Å². The molecule has 0 saturated heterocycles. The SMILES string of the molecule is CC(=O)OC1C#CCCCCc2ccc(o2)CCC1. The lowest BCUT2D eigenvalue weighted by Gasteiger charge is -2.10. The van der Waals surface area contributed by atoms with Crippen LogP contribution in [0.25, 0.3) is 0 Å². The number of ether oxygens (including phenoxy) is 1. The monoisotopic (exact) mass is 260 g/mol. The van der Waals surface area contributed by atoms with Crippen LogP contribution in [0, 0.1) is 11.8 Å². The Kier molecular flexibility index (Phi) is 5.09. The Bertz CT molecular complexity index is 476. The minimum atomic E-state index is -0.271. The molecule has 3 nitrogen and oxygen atoms in total. The highest BCUT2D eigenvalue weighted by Crippen LogP contribution is 2.15. The predicted octanol–water partition coefficient (Wildman–Crippen LogP) is 3.26. The van der Waals surface area contributed by atoms with Crippen LogP contribution in [0.1, 0.15) is 50.5 Å². The van der Waals surface area contributed by atoms with Gasteiger partial charge in [0.05, 0.1) is 0 Å². The zero-order chi connectivity index (χ0) is 13.5. The van der Waals surface area contributed by atoms with Crippen molar-refractivity contribution < 1.29 is 13.9 Å². The number of aryl methyl sites for hydroxylation is 2. The van der Waals surface area contributed by atoms with Crippen molar-refractivity contribution in [2.75, 3.05) is 0 Å². The molecule has 0 aromatic carbocycles. The predicted molar refractivity (Wildman–Crippen MR) is 72.5 cm³/mol. The van der Waals surface area contributed by atoms with Crippen LogP contribution in [0.2, 0.25) is 0 Å². The van der Waals surface area contributed by atoms with E-state index < -0.39 is 0 Å². The topological polar surface area (TPSA) is 39.4 Å². The van der Waals surface area contributed by atoms with Crippen LogP contribution in [0.4, 0.5) is 0 Å². The van der Waals surface area contributed by atoms with Gasteiger partial charge in [-0.2, -0.15) is 0 Å². The van der Waals surface area contributed by atoms with Crippen molar-refractivity contribution in [1.82, 2.24) is 0 Å². The molecule has 19 heavy (non-hydrogen) atoms. The van der Waals surface area contributed by atoms with Crippen LogP contribution in [-0.4, -0.2) is 12.1 Å². The van der Waals surface area contributed by atoms with Crippen LogP contribution in [0.3, 0.4) is 0 Å². The Hall–Kier alpha value is -1.69. The highest BCUT2D eigenvalue weighted by molar-refractivity contribution is 5.66. The summed E-state index contributed by atoms with van der Waals surface area (Å²) in [6.07, 6.45) is 6.25. The van der Waals surface area contributed by atoms with Crippen LogP contribution in [0.5, 0.6) is 0 Å². The first-order valence-electron chi connectivity index (χ1n) is 6.97. The summed E-state index contributed by atoms with van der Waals surface area (Å²) in [6, 6.07) is 4.12. The minimum Gasteiger partial charge on any atom is -0.466 e. The molecule has 0 spiro atoms. The molecule has 0 N–H and O–H groups in total. The van der Waals surface area contributed by atoms with E-state index in [0.717, 1.165) is 56.5 Å². The zero-order valence-electron chi connectivity index (χ0n) is 11.4. The van der Waals surface area contributed by atoms with E-state index in [2.05, 4.69) is 17.9 Å². The standard InChI is InChI=1S/C16H20O3/c1-13(17)18-14-7-4-2-3-5-8-15-11-12-16(19-15)10-6-9-14/h11-12,14H,2-3,5-6,8-10H2,1H3. The number of fused-ring (bicyclic) bond motifs is 2. The molecule has 0 saturated carbocycles. The lowest BCUT2D eigenvalue weighted by Crippen LogP contribution is -2.14. The van der Waals surface area contributed by atoms with Crippen molar-refractivity contribution >= 4 is 5.97 Å². The molecule has 2 heterocycles. The van der Waals surface area contributed by atoms with Crippen molar-refractivity contribution in [1.29, 1.82) is 0 Å². The quantitative estimate of drug-likeness (QED) is 0.574. The average Bonchev–Trinajstić information content (AvgIpc) is 2.80. The molecule has 1 aromatic heterocycles. The van der Waals surface area contributed by atoms with Crippen molar-refractivity contribution in [2.24, 2.45) is 0 Å². The summed E-state index contributed by atoms with van der Waals surface area (Å²) in [6.45, 7) is 1.43. The minimum absolute atomic E-state index is 0.260. The number of furan rings is 1. The van der Waals surface area contributed by atoms with Gasteiger partial charge in [-0.05, 0) is 37.8 Å². The first-order chi connectivity index (χ1) is 9.24. The molecule has 102 valence electrons. The molecule has 2 rings (SSSR count). The molecule has 0 fully saturated rings. The molecule has 1 aromatic rings. The van der Waals surface area contributed by atoms with E-state index in [1.165, 1.54) is 6.92 Å². The van der Waals surface area contributed by atoms with Gasteiger partial charge < -0.3 is 9.15 Å². The van der Waals surface area contributed by atoms with E-state index in [0.29, 0.717) is 0 Å². The van der Waals surface area contributed by atoms with Crippen molar-refractivity contribution in [3.05, 3.63) is 23.7 Å². The van der Waals surface area contributed by atoms with Gasteiger partial charge in [0.25, 0.3) is 0 Å². The fourth-order valence-electron chi connectivity index (χ4n) is 2.21. The summed E-state index contributed by atoms with van der Waals surface area (Å²) in [5.74, 6) is 8.01. The first kappa shape index (κ1) is 13.7. The maximum Gasteiger partial charge on any atom is 0.303 e. The van der Waals surface area contributed by atoms with Crippen LogP contribution < -0.4 is 0 Å². The normalized spacial score (nSPS) is 20.2. The first-order valence-corrected chi connectivity index (χ1v) is 6.97. The molecule has 0 radical (unpaired) electrons. The Morgan fingerprint density at radius 3 is 2.74 bits per heavy atom. The van der Waals surface area contributed by atoms with Gasteiger partial charge in [0.15, 0.2) is 6.10 Å². The molecule has 1 aliphatic rings. The Morgan fingerprint density at radius 1 is 1.26 bits per heavy atom. The number of hydrogen-bond acceptors (Lipinski definition) is 3. The fraction of sp³-hybridized carbons (Fsp3) is 0.562. The Labute approximate surface area is 114 Å². The zero-order valence-corrected chi connectivity index (χ0v) is 11.4. The lowest BCUT2D eigenvalue weighted by molar-refractivity contribution is -0.144. The third-order valence-corrected chi connectivity index (χ3v) is 3.15. The van der Waals surface area contributed by atoms with Crippen LogP contribution >= 0.6 is 0 Å². The van der Waals surface area contributed by atoms with Crippen molar-refractivity contribution in [2.45, 2.75) is 58.0 Å². The summed E-state index contributed by atoms with van der Waals surface area (Å²) >= 11 is 0. The second-order valence-electron chi connectivity index (χ2n) is 4.89. The molecular weight excluding hydrogens is 240 g/mol. The maximum atomic E-state index is 11.0. The van der Waals surface area contributed by atoms with E-state index in [1.807, 2.05) is 6.07 Å². The van der Waals surface area contributed by atoms with Crippen molar-refractivity contribution in [3.8, 4) is 11.8 Å². The second kappa shape index (κ2) is 7.04. The molecule has 1 aliphatic heterocycles. The van der Waals surface area contributed by atoms with Crippen LogP contribution in [0.15, 0.2) is 16.5 Å². The van der Waals surface area contributed by atoms with Gasteiger partial charge in [-0.1, -0.05) is 11.8 Å². The Morgan fingerprint density at radius 2 is 2.00 bits per heavy atom. The third-order valence-electron chi connectivity index (χ3n) is 3.15. The molecule has 1 atom stereocenters. The summed E-state index contributed by atoms with van der Waals surface area (Å²) < 4.78 is 11.0. The van der Waals surface area contributed by atoms with Gasteiger partial charge in [0.2, 0.25) is 0 Å². The number of esters is 1. The van der Waals surface area contributed by atoms with Gasteiger partial charge >= 0.3 is 5.97 Å². The van der Waals surface area contributed by atoms with E-state index >= 15 is 0 Å². The number of hydrogen-bond donors (Lipinski definition) is 0. The second-order valence-corrected chi connectivity index (χ2v) is 4.89.